The third-order valence-corrected chi connectivity index (χ3v) is 5.10. The lowest BCUT2D eigenvalue weighted by Gasteiger charge is -2.55. The minimum Gasteiger partial charge on any atom is -0.492 e. The van der Waals surface area contributed by atoms with Crippen LogP contribution >= 0.6 is 0 Å². The van der Waals surface area contributed by atoms with Gasteiger partial charge in [-0.2, -0.15) is 0 Å². The van der Waals surface area contributed by atoms with Gasteiger partial charge in [-0.3, -0.25) is 4.90 Å². The van der Waals surface area contributed by atoms with Crippen molar-refractivity contribution in [3.05, 3.63) is 42.0 Å². The van der Waals surface area contributed by atoms with E-state index >= 15 is 0 Å². The van der Waals surface area contributed by atoms with Crippen LogP contribution in [0.2, 0.25) is 0 Å². The summed E-state index contributed by atoms with van der Waals surface area (Å²) < 4.78 is 11.5. The Labute approximate surface area is 138 Å². The molecule has 3 heteroatoms. The molecule has 2 saturated heterocycles. The molecule has 2 aliphatic rings. The zero-order valence-electron chi connectivity index (χ0n) is 14.0. The van der Waals surface area contributed by atoms with Crippen molar-refractivity contribution in [3.63, 3.8) is 0 Å². The number of nitrogens with zero attached hydrogens (tertiary/aromatic N) is 1. The first kappa shape index (κ1) is 15.0. The summed E-state index contributed by atoms with van der Waals surface area (Å²) in [5, 5.41) is 2.54. The Hall–Kier alpha value is -1.58. The van der Waals surface area contributed by atoms with Crippen LogP contribution in [-0.2, 0) is 4.74 Å². The van der Waals surface area contributed by atoms with Gasteiger partial charge in [0.15, 0.2) is 0 Å². The first-order valence-corrected chi connectivity index (χ1v) is 8.61. The molecule has 0 aromatic heterocycles. The van der Waals surface area contributed by atoms with Crippen molar-refractivity contribution in [2.75, 3.05) is 39.5 Å². The van der Waals surface area contributed by atoms with Crippen molar-refractivity contribution < 1.29 is 9.47 Å². The molecule has 0 unspecified atom stereocenters. The highest BCUT2D eigenvalue weighted by Gasteiger charge is 2.48. The molecule has 122 valence electrons. The summed E-state index contributed by atoms with van der Waals surface area (Å²) in [7, 11) is 0. The van der Waals surface area contributed by atoms with Crippen molar-refractivity contribution in [2.24, 2.45) is 5.41 Å². The molecule has 3 nitrogen and oxygen atoms in total. The number of rotatable bonds is 5. The summed E-state index contributed by atoms with van der Waals surface area (Å²) in [4.78, 5) is 2.47. The predicted molar refractivity (Wildman–Crippen MR) is 93.2 cm³/mol. The van der Waals surface area contributed by atoms with E-state index in [2.05, 4.69) is 55.1 Å². The maximum Gasteiger partial charge on any atom is 0.123 e. The summed E-state index contributed by atoms with van der Waals surface area (Å²) in [6.07, 6.45) is 0. The van der Waals surface area contributed by atoms with Crippen molar-refractivity contribution in [3.8, 4) is 5.75 Å². The van der Waals surface area contributed by atoms with E-state index in [1.165, 1.54) is 29.4 Å². The fourth-order valence-corrected chi connectivity index (χ4v) is 3.73. The van der Waals surface area contributed by atoms with E-state index in [0.717, 1.165) is 32.1 Å². The summed E-state index contributed by atoms with van der Waals surface area (Å²) in [5.41, 5.74) is 1.79. The second-order valence-electron chi connectivity index (χ2n) is 7.44. The van der Waals surface area contributed by atoms with Crippen molar-refractivity contribution in [2.45, 2.75) is 19.8 Å². The monoisotopic (exact) mass is 311 g/mol. The minimum atomic E-state index is 0.467. The van der Waals surface area contributed by atoms with Crippen LogP contribution in [0.15, 0.2) is 36.4 Å². The van der Waals surface area contributed by atoms with Crippen molar-refractivity contribution in [1.29, 1.82) is 0 Å². The van der Waals surface area contributed by atoms with E-state index in [1.54, 1.807) is 0 Å². The van der Waals surface area contributed by atoms with E-state index in [0.29, 0.717) is 11.3 Å². The lowest BCUT2D eigenvalue weighted by molar-refractivity contribution is -0.189. The molecular weight excluding hydrogens is 286 g/mol. The molecule has 4 rings (SSSR count). The molecule has 2 aromatic carbocycles. The molecule has 0 saturated carbocycles. The van der Waals surface area contributed by atoms with Crippen LogP contribution in [-0.4, -0.2) is 44.4 Å². The van der Waals surface area contributed by atoms with Crippen LogP contribution in [0.3, 0.4) is 0 Å². The zero-order valence-corrected chi connectivity index (χ0v) is 14.0. The first-order valence-electron chi connectivity index (χ1n) is 8.61. The van der Waals surface area contributed by atoms with Gasteiger partial charge in [0.25, 0.3) is 0 Å². The molecule has 0 N–H and O–H groups in total. The van der Waals surface area contributed by atoms with E-state index in [1.807, 2.05) is 0 Å². The van der Waals surface area contributed by atoms with Gasteiger partial charge >= 0.3 is 0 Å². The van der Waals surface area contributed by atoms with Gasteiger partial charge in [-0.1, -0.05) is 38.1 Å². The number of hydrogen-bond acceptors (Lipinski definition) is 3. The largest absolute Gasteiger partial charge is 0.492 e. The highest BCUT2D eigenvalue weighted by Crippen LogP contribution is 2.37. The van der Waals surface area contributed by atoms with E-state index < -0.39 is 0 Å². The maximum atomic E-state index is 6.16. The van der Waals surface area contributed by atoms with Gasteiger partial charge in [0.1, 0.15) is 12.4 Å². The fourth-order valence-electron chi connectivity index (χ4n) is 3.73. The Morgan fingerprint density at radius 3 is 2.43 bits per heavy atom. The van der Waals surface area contributed by atoms with Crippen LogP contribution in [0, 0.1) is 5.41 Å². The van der Waals surface area contributed by atoms with Gasteiger partial charge in [0.2, 0.25) is 0 Å². The summed E-state index contributed by atoms with van der Waals surface area (Å²) in [6.45, 7) is 10.5. The predicted octanol–water partition coefficient (Wildman–Crippen LogP) is 3.67. The molecule has 1 spiro atoms. The Morgan fingerprint density at radius 1 is 1.13 bits per heavy atom. The van der Waals surface area contributed by atoms with Crippen LogP contribution in [0.1, 0.15) is 25.3 Å². The number of ether oxygens (including phenoxy) is 2. The molecule has 0 radical (unpaired) electrons. The molecule has 0 bridgehead atoms. The zero-order chi connectivity index (χ0) is 15.9. The standard InChI is InChI=1S/C20H25NO2/c1-15(2)18-9-16-5-3-4-6-17(16)10-19(18)23-8-7-21-11-20(12-21)13-22-14-20/h3-6,9-10,15H,7-8,11-14H2,1-2H3. The van der Waals surface area contributed by atoms with Crippen LogP contribution < -0.4 is 4.74 Å². The molecule has 0 atom stereocenters. The number of likely N-dealkylation sites (tertiary alicyclic amines) is 1. The highest BCUT2D eigenvalue weighted by molar-refractivity contribution is 5.85. The maximum absolute atomic E-state index is 6.16. The molecular formula is C20H25NO2. The topological polar surface area (TPSA) is 21.7 Å². The average Bonchev–Trinajstić information content (AvgIpc) is 2.46. The Bertz CT molecular complexity index is 698. The quantitative estimate of drug-likeness (QED) is 0.841. The van der Waals surface area contributed by atoms with Crippen LogP contribution in [0.25, 0.3) is 10.8 Å². The molecule has 23 heavy (non-hydrogen) atoms. The van der Waals surface area contributed by atoms with Gasteiger partial charge in [0, 0.05) is 25.0 Å². The van der Waals surface area contributed by atoms with Gasteiger partial charge in [0.05, 0.1) is 13.2 Å². The molecule has 2 fully saturated rings. The smallest absolute Gasteiger partial charge is 0.123 e. The molecule has 2 aliphatic heterocycles. The fraction of sp³-hybridized carbons (Fsp3) is 0.500. The molecule has 2 heterocycles. The second kappa shape index (κ2) is 5.81. The Morgan fingerprint density at radius 2 is 1.83 bits per heavy atom. The van der Waals surface area contributed by atoms with Gasteiger partial charge in [-0.15, -0.1) is 0 Å². The third-order valence-electron chi connectivity index (χ3n) is 5.10. The van der Waals surface area contributed by atoms with Crippen molar-refractivity contribution >= 4 is 10.8 Å². The number of benzene rings is 2. The normalized spacial score (nSPS) is 19.8. The Kier molecular flexibility index (Phi) is 3.78. The third kappa shape index (κ3) is 2.84. The average molecular weight is 311 g/mol. The summed E-state index contributed by atoms with van der Waals surface area (Å²) >= 11 is 0. The second-order valence-corrected chi connectivity index (χ2v) is 7.44. The molecule has 0 aliphatic carbocycles. The summed E-state index contributed by atoms with van der Waals surface area (Å²) in [6, 6.07) is 13.0. The van der Waals surface area contributed by atoms with Crippen LogP contribution in [0.5, 0.6) is 5.75 Å². The SMILES string of the molecule is CC(C)c1cc2ccccc2cc1OCCN1CC2(COC2)C1. The minimum absolute atomic E-state index is 0.467. The lowest BCUT2D eigenvalue weighted by atomic mass is 9.78. The molecule has 0 amide bonds. The first-order chi connectivity index (χ1) is 11.2. The van der Waals surface area contributed by atoms with E-state index in [-0.39, 0.29) is 0 Å². The number of hydrogen-bond donors (Lipinski definition) is 0. The summed E-state index contributed by atoms with van der Waals surface area (Å²) in [5.74, 6) is 1.51. The van der Waals surface area contributed by atoms with Crippen molar-refractivity contribution in [1.82, 2.24) is 4.90 Å². The highest BCUT2D eigenvalue weighted by atomic mass is 16.5. The van der Waals surface area contributed by atoms with Gasteiger partial charge in [-0.05, 0) is 34.4 Å². The number of fused-ring (bicyclic) bond motifs is 1. The van der Waals surface area contributed by atoms with Gasteiger partial charge in [-0.25, -0.2) is 0 Å². The van der Waals surface area contributed by atoms with E-state index in [4.69, 9.17) is 9.47 Å². The Balaban J connectivity index is 1.42. The molecule has 2 aromatic rings. The van der Waals surface area contributed by atoms with Gasteiger partial charge < -0.3 is 9.47 Å². The van der Waals surface area contributed by atoms with Crippen LogP contribution in [0.4, 0.5) is 0 Å². The van der Waals surface area contributed by atoms with E-state index in [9.17, 15) is 0 Å². The lowest BCUT2D eigenvalue weighted by Crippen LogP contribution is -2.66.